The fourth-order valence-corrected chi connectivity index (χ4v) is 4.25. The third-order valence-electron chi connectivity index (χ3n) is 5.38. The van der Waals surface area contributed by atoms with Gasteiger partial charge >= 0.3 is 0 Å². The van der Waals surface area contributed by atoms with E-state index in [1.807, 2.05) is 4.90 Å². The van der Waals surface area contributed by atoms with Crippen LogP contribution in [0.2, 0.25) is 0 Å². The van der Waals surface area contributed by atoms with E-state index in [1.54, 1.807) is 13.2 Å². The van der Waals surface area contributed by atoms with Crippen LogP contribution in [0, 0.1) is 5.41 Å². The molecule has 24 heavy (non-hydrogen) atoms. The van der Waals surface area contributed by atoms with Crippen LogP contribution in [0.15, 0.2) is 12.4 Å². The summed E-state index contributed by atoms with van der Waals surface area (Å²) in [6.45, 7) is 1.53. The van der Waals surface area contributed by atoms with Gasteiger partial charge in [-0.1, -0.05) is 6.42 Å². The predicted octanol–water partition coefficient (Wildman–Crippen LogP) is 0.807. The van der Waals surface area contributed by atoms with Gasteiger partial charge in [-0.25, -0.2) is 0 Å². The van der Waals surface area contributed by atoms with Gasteiger partial charge in [-0.05, 0) is 36.1 Å². The number of hydrogen-bond donors (Lipinski definition) is 1. The zero-order valence-corrected chi connectivity index (χ0v) is 13.7. The van der Waals surface area contributed by atoms with E-state index in [1.165, 1.54) is 17.4 Å². The Morgan fingerprint density at radius 1 is 1.42 bits per heavy atom. The number of piperidine rings is 1. The maximum absolute atomic E-state index is 12.9. The largest absolute Gasteiger partial charge is 0.381 e. The number of methoxy groups -OCH3 is 1. The standard InChI is InChI=1S/C15H21N7O2/c1-24-12-4-2-5-15(12)6-3-7-21(9-15)14(23)11-8-13(18-17-11)22-10-16-19-20-22/h8,10,12H,2-7,9H2,1H3,(H,17,18)/t12-,15-/m1/s1. The van der Waals surface area contributed by atoms with Crippen LogP contribution in [-0.4, -0.2) is 67.5 Å². The zero-order valence-electron chi connectivity index (χ0n) is 13.7. The summed E-state index contributed by atoms with van der Waals surface area (Å²) in [7, 11) is 1.78. The molecular formula is C15H21N7O2. The van der Waals surface area contributed by atoms with Crippen LogP contribution < -0.4 is 0 Å². The summed E-state index contributed by atoms with van der Waals surface area (Å²) >= 11 is 0. The van der Waals surface area contributed by atoms with Crippen molar-refractivity contribution >= 4 is 5.91 Å². The van der Waals surface area contributed by atoms with Gasteiger partial charge in [0.2, 0.25) is 0 Å². The third-order valence-corrected chi connectivity index (χ3v) is 5.38. The van der Waals surface area contributed by atoms with Gasteiger partial charge in [-0.2, -0.15) is 9.78 Å². The van der Waals surface area contributed by atoms with Crippen LogP contribution in [0.4, 0.5) is 0 Å². The molecule has 0 bridgehead atoms. The zero-order chi connectivity index (χ0) is 16.6. The Hall–Kier alpha value is -2.29. The molecule has 2 atom stereocenters. The first-order valence-electron chi connectivity index (χ1n) is 8.33. The lowest BCUT2D eigenvalue weighted by atomic mass is 9.76. The van der Waals surface area contributed by atoms with E-state index in [9.17, 15) is 4.79 Å². The van der Waals surface area contributed by atoms with E-state index in [0.29, 0.717) is 11.5 Å². The molecule has 128 valence electrons. The molecule has 3 heterocycles. The second-order valence-electron chi connectivity index (χ2n) is 6.70. The van der Waals surface area contributed by atoms with Gasteiger partial charge < -0.3 is 9.64 Å². The van der Waals surface area contributed by atoms with Crippen molar-refractivity contribution in [3.8, 4) is 5.82 Å². The van der Waals surface area contributed by atoms with Gasteiger partial charge in [0, 0.05) is 31.7 Å². The summed E-state index contributed by atoms with van der Waals surface area (Å²) in [5.74, 6) is 0.480. The van der Waals surface area contributed by atoms with Crippen molar-refractivity contribution in [1.29, 1.82) is 0 Å². The van der Waals surface area contributed by atoms with Crippen molar-refractivity contribution in [3.63, 3.8) is 0 Å². The lowest BCUT2D eigenvalue weighted by Gasteiger charge is -2.43. The van der Waals surface area contributed by atoms with Crippen LogP contribution in [0.25, 0.3) is 5.82 Å². The summed E-state index contributed by atoms with van der Waals surface area (Å²) in [6, 6.07) is 1.68. The molecule has 9 heteroatoms. The van der Waals surface area contributed by atoms with Crippen molar-refractivity contribution in [3.05, 3.63) is 18.1 Å². The second kappa shape index (κ2) is 5.97. The molecule has 0 aromatic carbocycles. The summed E-state index contributed by atoms with van der Waals surface area (Å²) in [5, 5.41) is 17.9. The number of H-pyrrole nitrogens is 1. The number of hydrogen-bond acceptors (Lipinski definition) is 6. The first-order valence-corrected chi connectivity index (χ1v) is 8.33. The Labute approximate surface area is 139 Å². The number of likely N-dealkylation sites (tertiary alicyclic amines) is 1. The fourth-order valence-electron chi connectivity index (χ4n) is 4.25. The van der Waals surface area contributed by atoms with Gasteiger partial charge in [-0.3, -0.25) is 9.89 Å². The summed E-state index contributed by atoms with van der Waals surface area (Å²) in [5.41, 5.74) is 0.575. The minimum absolute atomic E-state index is 0.0253. The minimum atomic E-state index is -0.0253. The first kappa shape index (κ1) is 15.3. The third kappa shape index (κ3) is 2.48. The van der Waals surface area contributed by atoms with E-state index >= 15 is 0 Å². The van der Waals surface area contributed by atoms with Crippen LogP contribution in [0.1, 0.15) is 42.6 Å². The molecule has 4 rings (SSSR count). The number of aromatic amines is 1. The van der Waals surface area contributed by atoms with Gasteiger partial charge in [0.15, 0.2) is 5.82 Å². The van der Waals surface area contributed by atoms with E-state index in [0.717, 1.165) is 38.8 Å². The van der Waals surface area contributed by atoms with Crippen LogP contribution >= 0.6 is 0 Å². The predicted molar refractivity (Wildman–Crippen MR) is 83.5 cm³/mol. The SMILES string of the molecule is CO[C@@H]1CCC[C@]12CCCN(C(=O)c1cc(-n3cnnn3)n[nH]1)C2. The molecule has 1 N–H and O–H groups in total. The van der Waals surface area contributed by atoms with Gasteiger partial charge in [0.1, 0.15) is 12.0 Å². The van der Waals surface area contributed by atoms with E-state index in [2.05, 4.69) is 25.7 Å². The van der Waals surface area contributed by atoms with Gasteiger partial charge in [0.05, 0.1) is 6.10 Å². The van der Waals surface area contributed by atoms with Crippen molar-refractivity contribution in [2.24, 2.45) is 5.41 Å². The smallest absolute Gasteiger partial charge is 0.271 e. The lowest BCUT2D eigenvalue weighted by molar-refractivity contribution is -0.0296. The molecule has 0 unspecified atom stereocenters. The molecule has 1 saturated carbocycles. The normalized spacial score (nSPS) is 27.0. The monoisotopic (exact) mass is 331 g/mol. The molecule has 2 aromatic heterocycles. The maximum Gasteiger partial charge on any atom is 0.271 e. The molecule has 1 aliphatic heterocycles. The summed E-state index contributed by atoms with van der Waals surface area (Å²) in [6.07, 6.45) is 7.25. The van der Waals surface area contributed by atoms with E-state index in [-0.39, 0.29) is 17.4 Å². The Balaban J connectivity index is 1.52. The highest BCUT2D eigenvalue weighted by molar-refractivity contribution is 5.92. The van der Waals surface area contributed by atoms with Crippen molar-refractivity contribution in [1.82, 2.24) is 35.3 Å². The Bertz CT molecular complexity index is 713. The van der Waals surface area contributed by atoms with Crippen LogP contribution in [0.5, 0.6) is 0 Å². The first-order chi connectivity index (χ1) is 11.7. The maximum atomic E-state index is 12.9. The molecule has 2 fully saturated rings. The van der Waals surface area contributed by atoms with Crippen molar-refractivity contribution in [2.45, 2.75) is 38.2 Å². The summed E-state index contributed by atoms with van der Waals surface area (Å²) in [4.78, 5) is 14.8. The number of nitrogens with one attached hydrogen (secondary N) is 1. The highest BCUT2D eigenvalue weighted by atomic mass is 16.5. The molecular weight excluding hydrogens is 310 g/mol. The second-order valence-corrected chi connectivity index (χ2v) is 6.70. The number of nitrogens with zero attached hydrogens (tertiary/aromatic N) is 6. The topological polar surface area (TPSA) is 102 Å². The minimum Gasteiger partial charge on any atom is -0.381 e. The number of carbonyl (C=O) groups is 1. The molecule has 1 aliphatic carbocycles. The summed E-state index contributed by atoms with van der Waals surface area (Å²) < 4.78 is 7.13. The molecule has 0 radical (unpaired) electrons. The van der Waals surface area contributed by atoms with E-state index < -0.39 is 0 Å². The number of amides is 1. The molecule has 2 aromatic rings. The Kier molecular flexibility index (Phi) is 3.79. The average Bonchev–Trinajstić information content (AvgIpc) is 3.34. The van der Waals surface area contributed by atoms with Crippen LogP contribution in [-0.2, 0) is 4.74 Å². The fraction of sp³-hybridized carbons (Fsp3) is 0.667. The highest BCUT2D eigenvalue weighted by Crippen LogP contribution is 2.46. The molecule has 1 saturated heterocycles. The van der Waals surface area contributed by atoms with Crippen LogP contribution in [0.3, 0.4) is 0 Å². The van der Waals surface area contributed by atoms with Crippen molar-refractivity contribution in [2.75, 3.05) is 20.2 Å². The molecule has 1 spiro atoms. The molecule has 1 amide bonds. The van der Waals surface area contributed by atoms with Gasteiger partial charge in [0.25, 0.3) is 5.91 Å². The van der Waals surface area contributed by atoms with E-state index in [4.69, 9.17) is 4.74 Å². The Morgan fingerprint density at radius 3 is 3.08 bits per heavy atom. The molecule has 2 aliphatic rings. The quantitative estimate of drug-likeness (QED) is 0.893. The number of carbonyl (C=O) groups excluding carboxylic acids is 1. The van der Waals surface area contributed by atoms with Gasteiger partial charge in [-0.15, -0.1) is 5.10 Å². The Morgan fingerprint density at radius 2 is 2.29 bits per heavy atom. The number of aromatic nitrogens is 6. The highest BCUT2D eigenvalue weighted by Gasteiger charge is 2.46. The number of ether oxygens (including phenoxy) is 1. The van der Waals surface area contributed by atoms with Crippen molar-refractivity contribution < 1.29 is 9.53 Å². The average molecular weight is 331 g/mol. The molecule has 9 nitrogen and oxygen atoms in total. The number of tetrazole rings is 1. The number of rotatable bonds is 3. The lowest BCUT2D eigenvalue weighted by Crippen LogP contribution is -2.49.